The van der Waals surface area contributed by atoms with Gasteiger partial charge < -0.3 is 75.3 Å². The second-order valence-corrected chi connectivity index (χ2v) is 20.2. The fourth-order valence-corrected chi connectivity index (χ4v) is 9.07. The van der Waals surface area contributed by atoms with Crippen molar-refractivity contribution in [1.82, 2.24) is 5.32 Å². The maximum absolute atomic E-state index is 13.3. The van der Waals surface area contributed by atoms with Crippen LogP contribution in [-0.4, -0.2) is 163 Å². The Kier molecular flexibility index (Phi) is 34.9. The van der Waals surface area contributed by atoms with Crippen LogP contribution in [-0.2, 0) is 23.7 Å². The Morgan fingerprint density at radius 3 is 1.34 bits per heavy atom. The smallest absolute Gasteiger partial charge is 0.249 e. The van der Waals surface area contributed by atoms with E-state index in [2.05, 4.69) is 26.1 Å². The second-order valence-electron chi connectivity index (χ2n) is 20.2. The number of unbranched alkanes of at least 4 members (excludes halogenated alkanes) is 24. The van der Waals surface area contributed by atoms with E-state index < -0.39 is 111 Å². The molecule has 67 heavy (non-hydrogen) atoms. The summed E-state index contributed by atoms with van der Waals surface area (Å²) in [6.07, 6.45) is 11.6. The van der Waals surface area contributed by atoms with Gasteiger partial charge in [0.05, 0.1) is 32.0 Å². The van der Waals surface area contributed by atoms with Gasteiger partial charge in [0.2, 0.25) is 5.91 Å². The molecule has 2 heterocycles. The Morgan fingerprint density at radius 1 is 0.507 bits per heavy atom. The number of aliphatic hydroxyl groups is 10. The quantitative estimate of drug-likeness (QED) is 0.0353. The minimum Gasteiger partial charge on any atom is -0.394 e. The summed E-state index contributed by atoms with van der Waals surface area (Å²) < 4.78 is 22.4. The second kappa shape index (κ2) is 37.7. The van der Waals surface area contributed by atoms with Crippen molar-refractivity contribution in [2.45, 2.75) is 293 Å². The van der Waals surface area contributed by atoms with Gasteiger partial charge in [-0.3, -0.25) is 4.79 Å². The molecule has 0 spiro atoms. The van der Waals surface area contributed by atoms with Crippen molar-refractivity contribution in [2.24, 2.45) is 5.92 Å². The van der Waals surface area contributed by atoms with Gasteiger partial charge in [0.1, 0.15) is 61.0 Å². The van der Waals surface area contributed by atoms with Gasteiger partial charge in [-0.25, -0.2) is 0 Å². The molecule has 11 N–H and O–H groups in total. The van der Waals surface area contributed by atoms with E-state index in [0.29, 0.717) is 12.8 Å². The predicted octanol–water partition coefficient (Wildman–Crippen LogP) is 5.18. The molecular formula is C51H99NO15. The van der Waals surface area contributed by atoms with Gasteiger partial charge in [-0.1, -0.05) is 194 Å². The molecule has 1 amide bonds. The molecule has 0 unspecified atom stereocenters. The minimum atomic E-state index is -1.82. The van der Waals surface area contributed by atoms with Crippen molar-refractivity contribution in [3.63, 3.8) is 0 Å². The number of nitrogens with one attached hydrogen (secondary N) is 1. The molecular weight excluding hydrogens is 867 g/mol. The zero-order chi connectivity index (χ0) is 49.4. The van der Waals surface area contributed by atoms with E-state index >= 15 is 0 Å². The Hall–Kier alpha value is -1.09. The molecule has 0 aromatic heterocycles. The first-order chi connectivity index (χ1) is 32.2. The third kappa shape index (κ3) is 25.7. The van der Waals surface area contributed by atoms with Gasteiger partial charge in [0.25, 0.3) is 0 Å². The van der Waals surface area contributed by atoms with E-state index in [1.54, 1.807) is 0 Å². The van der Waals surface area contributed by atoms with E-state index in [9.17, 15) is 55.9 Å². The third-order valence-electron chi connectivity index (χ3n) is 13.7. The summed E-state index contributed by atoms with van der Waals surface area (Å²) >= 11 is 0. The molecule has 0 bridgehead atoms. The van der Waals surface area contributed by atoms with Crippen LogP contribution in [0.5, 0.6) is 0 Å². The molecule has 16 heteroatoms. The summed E-state index contributed by atoms with van der Waals surface area (Å²) in [6, 6.07) is -1.27. The lowest BCUT2D eigenvalue weighted by atomic mass is 9.98. The zero-order valence-electron chi connectivity index (χ0n) is 41.8. The van der Waals surface area contributed by atoms with Gasteiger partial charge in [0, 0.05) is 0 Å². The molecule has 16 nitrogen and oxygen atoms in total. The van der Waals surface area contributed by atoms with Crippen LogP contribution >= 0.6 is 0 Å². The molecule has 398 valence electrons. The molecule has 2 aliphatic rings. The Morgan fingerprint density at radius 2 is 0.896 bits per heavy atom. The van der Waals surface area contributed by atoms with Crippen molar-refractivity contribution < 1.29 is 74.8 Å². The number of carbonyl (C=O) groups is 1. The highest BCUT2D eigenvalue weighted by Crippen LogP contribution is 2.27. The van der Waals surface area contributed by atoms with Crippen LogP contribution in [0.3, 0.4) is 0 Å². The van der Waals surface area contributed by atoms with Gasteiger partial charge >= 0.3 is 0 Å². The molecule has 2 fully saturated rings. The molecule has 0 aromatic carbocycles. The van der Waals surface area contributed by atoms with Crippen molar-refractivity contribution in [3.8, 4) is 0 Å². The lowest BCUT2D eigenvalue weighted by Crippen LogP contribution is -2.62. The van der Waals surface area contributed by atoms with E-state index in [1.807, 2.05) is 0 Å². The maximum Gasteiger partial charge on any atom is 0.249 e. The topological polar surface area (TPSA) is 268 Å². The third-order valence-corrected chi connectivity index (χ3v) is 13.7. The van der Waals surface area contributed by atoms with Crippen molar-refractivity contribution in [3.05, 3.63) is 0 Å². The van der Waals surface area contributed by atoms with E-state index in [-0.39, 0.29) is 12.8 Å². The Balaban J connectivity index is 1.87. The maximum atomic E-state index is 13.3. The SMILES string of the molecule is CCCCCCCCCCCCCCCCCCC[C@@H](O)C(=O)N[C@@H](CO[C@@H]1O[C@H](CO[C@H]2O[C@H](CO)[C@H](O)[C@H](O)[C@H]2O)[C@@H](O)[C@H](O)[C@H]1O)[C@H](O)[C@H](O)CCCCCCCCCCCC(C)C. The van der Waals surface area contributed by atoms with Crippen LogP contribution in [0.4, 0.5) is 0 Å². The fourth-order valence-electron chi connectivity index (χ4n) is 9.07. The normalized spacial score (nSPS) is 27.6. The molecule has 0 aromatic rings. The first-order valence-electron chi connectivity index (χ1n) is 26.8. The standard InChI is InChI=1S/C51H99NO15/c1-4-5-6-7-8-9-10-11-12-13-14-15-16-19-23-26-29-32-39(55)49(63)52-37(42(56)38(54)31-28-25-22-20-17-18-21-24-27-30-36(2)3)34-64-50-48(62)46(60)44(58)41(67-50)35-65-51-47(61)45(59)43(57)40(33-53)66-51/h36-48,50-51,53-62H,4-35H2,1-3H3,(H,52,63)/t37-,38+,39+,40+,41+,42-,43-,44+,45-,46-,47+,48+,50+,51-/m0/s1. The predicted molar refractivity (Wildman–Crippen MR) is 257 cm³/mol. The molecule has 2 rings (SSSR count). The number of hydrogen-bond donors (Lipinski definition) is 11. The van der Waals surface area contributed by atoms with Crippen LogP contribution in [0.25, 0.3) is 0 Å². The van der Waals surface area contributed by atoms with E-state index in [4.69, 9.17) is 18.9 Å². The minimum absolute atomic E-state index is 0.208. The molecule has 2 aliphatic heterocycles. The first-order valence-corrected chi connectivity index (χ1v) is 26.8. The summed E-state index contributed by atoms with van der Waals surface area (Å²) in [5.41, 5.74) is 0. The molecule has 2 saturated heterocycles. The van der Waals surface area contributed by atoms with Crippen LogP contribution in [0.2, 0.25) is 0 Å². The summed E-state index contributed by atoms with van der Waals surface area (Å²) in [7, 11) is 0. The number of carbonyl (C=O) groups excluding carboxylic acids is 1. The van der Waals surface area contributed by atoms with Crippen LogP contribution in [0.15, 0.2) is 0 Å². The Bertz CT molecular complexity index is 1190. The number of amides is 1. The van der Waals surface area contributed by atoms with Crippen LogP contribution < -0.4 is 5.32 Å². The van der Waals surface area contributed by atoms with Crippen molar-refractivity contribution in [1.29, 1.82) is 0 Å². The average molecular weight is 966 g/mol. The highest BCUT2D eigenvalue weighted by atomic mass is 16.7. The fraction of sp³-hybridized carbons (Fsp3) is 0.980. The van der Waals surface area contributed by atoms with E-state index in [1.165, 1.54) is 116 Å². The summed E-state index contributed by atoms with van der Waals surface area (Å²) in [4.78, 5) is 13.3. The monoisotopic (exact) mass is 966 g/mol. The highest BCUT2D eigenvalue weighted by Gasteiger charge is 2.48. The number of hydrogen-bond acceptors (Lipinski definition) is 15. The molecule has 0 radical (unpaired) electrons. The number of rotatable bonds is 41. The summed E-state index contributed by atoms with van der Waals surface area (Å²) in [5, 5.41) is 108. The summed E-state index contributed by atoms with van der Waals surface area (Å²) in [5.74, 6) is -0.0193. The largest absolute Gasteiger partial charge is 0.394 e. The number of aliphatic hydroxyl groups excluding tert-OH is 10. The lowest BCUT2D eigenvalue weighted by molar-refractivity contribution is -0.331. The van der Waals surface area contributed by atoms with Crippen molar-refractivity contribution in [2.75, 3.05) is 19.8 Å². The van der Waals surface area contributed by atoms with Crippen LogP contribution in [0, 0.1) is 5.92 Å². The van der Waals surface area contributed by atoms with Gasteiger partial charge in [-0.05, 0) is 18.8 Å². The van der Waals surface area contributed by atoms with E-state index in [0.717, 1.165) is 50.9 Å². The van der Waals surface area contributed by atoms with Crippen LogP contribution in [0.1, 0.15) is 207 Å². The van der Waals surface area contributed by atoms with Gasteiger partial charge in [-0.2, -0.15) is 0 Å². The zero-order valence-corrected chi connectivity index (χ0v) is 41.8. The average Bonchev–Trinajstić information content (AvgIpc) is 3.31. The molecule has 14 atom stereocenters. The molecule has 0 aliphatic carbocycles. The van der Waals surface area contributed by atoms with Crippen molar-refractivity contribution >= 4 is 5.91 Å². The first kappa shape index (κ1) is 62.0. The lowest BCUT2D eigenvalue weighted by Gasteiger charge is -2.43. The number of ether oxygens (including phenoxy) is 4. The van der Waals surface area contributed by atoms with Gasteiger partial charge in [0.15, 0.2) is 12.6 Å². The highest BCUT2D eigenvalue weighted by molar-refractivity contribution is 5.80. The summed E-state index contributed by atoms with van der Waals surface area (Å²) in [6.45, 7) is 4.95. The Labute approximate surface area is 403 Å². The van der Waals surface area contributed by atoms with Gasteiger partial charge in [-0.15, -0.1) is 0 Å². The molecule has 0 saturated carbocycles.